The number of carbonyl (C=O) groups is 3. The Hall–Kier alpha value is -3.95. The Balaban J connectivity index is 1.23. The van der Waals surface area contributed by atoms with Gasteiger partial charge in [-0.2, -0.15) is 5.10 Å². The number of hydrogen-bond donors (Lipinski definition) is 3. The summed E-state index contributed by atoms with van der Waals surface area (Å²) in [5, 5.41) is 9.89. The van der Waals surface area contributed by atoms with Gasteiger partial charge in [0, 0.05) is 50.0 Å². The first kappa shape index (κ1) is 22.3. The molecule has 4 rings (SSSR count). The molecule has 3 aromatic rings. The van der Waals surface area contributed by atoms with Gasteiger partial charge in [0.25, 0.3) is 11.8 Å². The van der Waals surface area contributed by atoms with Crippen molar-refractivity contribution in [2.75, 3.05) is 26.2 Å². The maximum Gasteiger partial charge on any atom is 0.257 e. The Morgan fingerprint density at radius 2 is 1.88 bits per heavy atom. The van der Waals surface area contributed by atoms with Crippen LogP contribution < -0.4 is 16.1 Å². The number of carbonyl (C=O) groups excluding carboxylic acids is 3. The number of amides is 3. The third kappa shape index (κ3) is 5.11. The Bertz CT molecular complexity index is 1240. The molecular formula is C23H26N6O4. The summed E-state index contributed by atoms with van der Waals surface area (Å²) in [6.07, 6.45) is 6.08. The predicted octanol–water partition coefficient (Wildman–Crippen LogP) is 0.660. The minimum atomic E-state index is -0.580. The average molecular weight is 450 g/mol. The number of piperidine rings is 1. The van der Waals surface area contributed by atoms with E-state index in [1.54, 1.807) is 47.1 Å². The zero-order valence-electron chi connectivity index (χ0n) is 18.3. The predicted molar refractivity (Wildman–Crippen MR) is 122 cm³/mol. The van der Waals surface area contributed by atoms with Gasteiger partial charge in [-0.15, -0.1) is 0 Å². The number of fused-ring (bicyclic) bond motifs is 1. The molecule has 0 atom stereocenters. The quantitative estimate of drug-likeness (QED) is 0.508. The summed E-state index contributed by atoms with van der Waals surface area (Å²) in [5.74, 6) is -0.657. The van der Waals surface area contributed by atoms with E-state index in [9.17, 15) is 19.2 Å². The highest BCUT2D eigenvalue weighted by Crippen LogP contribution is 2.16. The lowest BCUT2D eigenvalue weighted by Crippen LogP contribution is -2.46. The number of aromatic amines is 1. The van der Waals surface area contributed by atoms with Gasteiger partial charge in [-0.1, -0.05) is 12.1 Å². The first-order valence-electron chi connectivity index (χ1n) is 10.9. The number of H-pyrrole nitrogens is 1. The lowest BCUT2D eigenvalue weighted by Gasteiger charge is -2.32. The summed E-state index contributed by atoms with van der Waals surface area (Å²) in [6.45, 7) is 1.47. The second-order valence-corrected chi connectivity index (χ2v) is 8.20. The fourth-order valence-electron chi connectivity index (χ4n) is 3.96. The molecule has 1 aromatic carbocycles. The monoisotopic (exact) mass is 450 g/mol. The number of pyridine rings is 1. The van der Waals surface area contributed by atoms with Gasteiger partial charge in [-0.05, 0) is 30.9 Å². The zero-order valence-corrected chi connectivity index (χ0v) is 18.3. The minimum Gasteiger partial charge on any atom is -0.360 e. The van der Waals surface area contributed by atoms with E-state index in [0.717, 1.165) is 12.8 Å². The van der Waals surface area contributed by atoms with Crippen molar-refractivity contribution in [3.63, 3.8) is 0 Å². The fraction of sp³-hybridized carbons (Fsp3) is 0.348. The summed E-state index contributed by atoms with van der Waals surface area (Å²) >= 11 is 0. The average Bonchev–Trinajstić information content (AvgIpc) is 3.28. The number of aromatic nitrogens is 3. The second-order valence-electron chi connectivity index (χ2n) is 8.20. The first-order chi connectivity index (χ1) is 15.9. The van der Waals surface area contributed by atoms with Crippen LogP contribution in [-0.2, 0) is 11.8 Å². The molecular weight excluding hydrogens is 424 g/mol. The zero-order chi connectivity index (χ0) is 23.4. The van der Waals surface area contributed by atoms with E-state index in [0.29, 0.717) is 36.1 Å². The van der Waals surface area contributed by atoms with Crippen LogP contribution in [0.4, 0.5) is 0 Å². The van der Waals surface area contributed by atoms with E-state index in [4.69, 9.17) is 0 Å². The fourth-order valence-corrected chi connectivity index (χ4v) is 3.96. The third-order valence-corrected chi connectivity index (χ3v) is 5.92. The van der Waals surface area contributed by atoms with Crippen LogP contribution in [0, 0.1) is 5.92 Å². The van der Waals surface area contributed by atoms with E-state index in [-0.39, 0.29) is 35.3 Å². The Morgan fingerprint density at radius 3 is 2.61 bits per heavy atom. The summed E-state index contributed by atoms with van der Waals surface area (Å²) in [7, 11) is 1.76. The van der Waals surface area contributed by atoms with Gasteiger partial charge >= 0.3 is 0 Å². The van der Waals surface area contributed by atoms with Crippen molar-refractivity contribution in [3.05, 3.63) is 64.2 Å². The van der Waals surface area contributed by atoms with Crippen molar-refractivity contribution < 1.29 is 14.4 Å². The maximum absolute atomic E-state index is 12.5. The maximum atomic E-state index is 12.5. The van der Waals surface area contributed by atoms with Gasteiger partial charge in [0.05, 0.1) is 18.3 Å². The molecule has 1 aliphatic rings. The molecule has 172 valence electrons. The van der Waals surface area contributed by atoms with Gasteiger partial charge in [-0.3, -0.25) is 23.9 Å². The van der Waals surface area contributed by atoms with Gasteiger partial charge < -0.3 is 20.5 Å². The van der Waals surface area contributed by atoms with Crippen LogP contribution >= 0.6 is 0 Å². The SMILES string of the molecule is Cn1cc(C(=O)NCC2CCN(C(=O)CNC(=O)c3c[nH]c4ccccc4c3=O)CC2)cn1. The molecule has 3 amide bonds. The number of benzene rings is 1. The molecule has 0 spiro atoms. The molecule has 0 aliphatic carbocycles. The van der Waals surface area contributed by atoms with Crippen molar-refractivity contribution in [2.24, 2.45) is 13.0 Å². The van der Waals surface area contributed by atoms with E-state index in [1.165, 1.54) is 12.4 Å². The van der Waals surface area contributed by atoms with Crippen molar-refractivity contribution in [1.82, 2.24) is 30.3 Å². The molecule has 0 radical (unpaired) electrons. The molecule has 1 saturated heterocycles. The molecule has 0 bridgehead atoms. The highest BCUT2D eigenvalue weighted by atomic mass is 16.2. The Morgan fingerprint density at radius 1 is 1.12 bits per heavy atom. The molecule has 3 heterocycles. The number of hydrogen-bond acceptors (Lipinski definition) is 5. The lowest BCUT2D eigenvalue weighted by molar-refractivity contribution is -0.131. The van der Waals surface area contributed by atoms with E-state index >= 15 is 0 Å². The van der Waals surface area contributed by atoms with Gasteiger partial charge in [0.2, 0.25) is 11.3 Å². The topological polar surface area (TPSA) is 129 Å². The molecule has 1 aliphatic heterocycles. The highest BCUT2D eigenvalue weighted by molar-refractivity contribution is 5.98. The van der Waals surface area contributed by atoms with Gasteiger partial charge in [0.15, 0.2) is 0 Å². The van der Waals surface area contributed by atoms with Crippen LogP contribution in [0.15, 0.2) is 47.7 Å². The number of nitrogens with one attached hydrogen (secondary N) is 3. The first-order valence-corrected chi connectivity index (χ1v) is 10.9. The van der Waals surface area contributed by atoms with Crippen molar-refractivity contribution in [3.8, 4) is 0 Å². The van der Waals surface area contributed by atoms with E-state index < -0.39 is 5.91 Å². The number of rotatable bonds is 6. The van der Waals surface area contributed by atoms with Crippen LogP contribution in [0.1, 0.15) is 33.6 Å². The largest absolute Gasteiger partial charge is 0.360 e. The standard InChI is InChI=1S/C23H26N6O4/c1-28-14-16(11-27-28)22(32)25-10-15-6-8-29(9-7-15)20(30)13-26-23(33)18-12-24-19-5-3-2-4-17(19)21(18)31/h2-5,11-12,14-15H,6-10,13H2,1H3,(H,24,31)(H,25,32)(H,26,33). The summed E-state index contributed by atoms with van der Waals surface area (Å²) < 4.78 is 1.58. The second kappa shape index (κ2) is 9.68. The van der Waals surface area contributed by atoms with Crippen LogP contribution in [0.2, 0.25) is 0 Å². The van der Waals surface area contributed by atoms with Gasteiger partial charge in [-0.25, -0.2) is 0 Å². The molecule has 3 N–H and O–H groups in total. The summed E-state index contributed by atoms with van der Waals surface area (Å²) in [5.41, 5.74) is 0.772. The highest BCUT2D eigenvalue weighted by Gasteiger charge is 2.24. The molecule has 33 heavy (non-hydrogen) atoms. The lowest BCUT2D eigenvalue weighted by atomic mass is 9.96. The summed E-state index contributed by atoms with van der Waals surface area (Å²) in [6, 6.07) is 6.94. The van der Waals surface area contributed by atoms with Gasteiger partial charge in [0.1, 0.15) is 5.56 Å². The number of para-hydroxylation sites is 1. The van der Waals surface area contributed by atoms with E-state index in [2.05, 4.69) is 20.7 Å². The molecule has 0 saturated carbocycles. The normalized spacial score (nSPS) is 14.3. The van der Waals surface area contributed by atoms with Crippen LogP contribution in [-0.4, -0.2) is 63.6 Å². The van der Waals surface area contributed by atoms with Crippen LogP contribution in [0.25, 0.3) is 10.9 Å². The summed E-state index contributed by atoms with van der Waals surface area (Å²) in [4.78, 5) is 54.3. The van der Waals surface area contributed by atoms with Crippen LogP contribution in [0.3, 0.4) is 0 Å². The Labute approximate surface area is 190 Å². The molecule has 0 unspecified atom stereocenters. The number of nitrogens with zero attached hydrogens (tertiary/aromatic N) is 3. The van der Waals surface area contributed by atoms with Crippen molar-refractivity contribution in [1.29, 1.82) is 0 Å². The number of likely N-dealkylation sites (tertiary alicyclic amines) is 1. The number of aryl methyl sites for hydroxylation is 1. The molecule has 2 aromatic heterocycles. The Kier molecular flexibility index (Phi) is 6.53. The van der Waals surface area contributed by atoms with Crippen molar-refractivity contribution >= 4 is 28.6 Å². The molecule has 10 nitrogen and oxygen atoms in total. The smallest absolute Gasteiger partial charge is 0.257 e. The molecule has 10 heteroatoms. The van der Waals surface area contributed by atoms with Crippen LogP contribution in [0.5, 0.6) is 0 Å². The molecule has 1 fully saturated rings. The van der Waals surface area contributed by atoms with E-state index in [1.807, 2.05) is 0 Å². The minimum absolute atomic E-state index is 0.0236. The van der Waals surface area contributed by atoms with Crippen molar-refractivity contribution in [2.45, 2.75) is 12.8 Å². The third-order valence-electron chi connectivity index (χ3n) is 5.92.